The minimum Gasteiger partial charge on any atom is -0.351 e. The molecule has 0 spiro atoms. The molecule has 1 amide bonds. The van der Waals surface area contributed by atoms with Crippen LogP contribution in [0.2, 0.25) is 0 Å². The molecule has 2 aromatic carbocycles. The lowest BCUT2D eigenvalue weighted by Gasteiger charge is -2.07. The lowest BCUT2D eigenvalue weighted by Crippen LogP contribution is -2.26. The fourth-order valence-corrected chi connectivity index (χ4v) is 2.97. The van der Waals surface area contributed by atoms with Gasteiger partial charge >= 0.3 is 0 Å². The summed E-state index contributed by atoms with van der Waals surface area (Å²) in [6, 6.07) is 8.47. The number of nitrogens with one attached hydrogen (secondary N) is 1. The Labute approximate surface area is 147 Å². The average molecular weight is 366 g/mol. The van der Waals surface area contributed by atoms with Crippen molar-refractivity contribution in [1.29, 1.82) is 0 Å². The zero-order chi connectivity index (χ0) is 18.4. The maximum absolute atomic E-state index is 13.7. The van der Waals surface area contributed by atoms with E-state index in [9.17, 15) is 23.7 Å². The zero-order valence-electron chi connectivity index (χ0n) is 13.4. The Morgan fingerprint density at radius 1 is 1.24 bits per heavy atom. The number of carbonyl (C=O) groups is 1. The Bertz CT molecular complexity index is 799. The molecule has 1 N–H and O–H groups in total. The number of nitro groups is 1. The normalized spacial score (nSPS) is 10.5. The van der Waals surface area contributed by atoms with Gasteiger partial charge in [-0.3, -0.25) is 14.9 Å². The van der Waals surface area contributed by atoms with Crippen LogP contribution in [0.15, 0.2) is 36.4 Å². The molecule has 0 saturated carbocycles. The standard InChI is InChI=1S/C17H16F2N2O3S/c1-11-15(19)8-13(9-16(11)21(23)24)17(22)20-6-7-25-10-12-4-2-3-5-14(12)18/h2-5,8-9H,6-7,10H2,1H3,(H,20,22). The summed E-state index contributed by atoms with van der Waals surface area (Å²) >= 11 is 1.43. The van der Waals surface area contributed by atoms with Gasteiger partial charge in [-0.1, -0.05) is 18.2 Å². The summed E-state index contributed by atoms with van der Waals surface area (Å²) < 4.78 is 27.2. The number of hydrogen-bond acceptors (Lipinski definition) is 4. The van der Waals surface area contributed by atoms with Gasteiger partial charge in [0.15, 0.2) is 0 Å². The Morgan fingerprint density at radius 3 is 2.64 bits per heavy atom. The maximum atomic E-state index is 13.7. The van der Waals surface area contributed by atoms with Crippen LogP contribution in [0, 0.1) is 28.7 Å². The van der Waals surface area contributed by atoms with E-state index in [1.54, 1.807) is 18.2 Å². The van der Waals surface area contributed by atoms with Crippen LogP contribution in [0.5, 0.6) is 0 Å². The largest absolute Gasteiger partial charge is 0.351 e. The summed E-state index contributed by atoms with van der Waals surface area (Å²) in [6.45, 7) is 1.57. The topological polar surface area (TPSA) is 72.2 Å². The number of nitro benzene ring substituents is 1. The van der Waals surface area contributed by atoms with E-state index in [1.807, 2.05) is 0 Å². The molecule has 0 aromatic heterocycles. The van der Waals surface area contributed by atoms with Crippen molar-refractivity contribution in [2.45, 2.75) is 12.7 Å². The summed E-state index contributed by atoms with van der Waals surface area (Å²) in [7, 11) is 0. The van der Waals surface area contributed by atoms with Crippen LogP contribution in [0.1, 0.15) is 21.5 Å². The lowest BCUT2D eigenvalue weighted by molar-refractivity contribution is -0.385. The van der Waals surface area contributed by atoms with Crippen LogP contribution in [-0.2, 0) is 5.75 Å². The molecule has 0 aliphatic carbocycles. The quantitative estimate of drug-likeness (QED) is 0.459. The molecule has 0 unspecified atom stereocenters. The minimum atomic E-state index is -0.798. The van der Waals surface area contributed by atoms with E-state index in [-0.39, 0.29) is 23.5 Å². The highest BCUT2D eigenvalue weighted by Gasteiger charge is 2.19. The van der Waals surface area contributed by atoms with Gasteiger partial charge in [0.2, 0.25) is 0 Å². The molecule has 0 atom stereocenters. The summed E-state index contributed by atoms with van der Waals surface area (Å²) in [6.07, 6.45) is 0. The van der Waals surface area contributed by atoms with Crippen LogP contribution in [0.3, 0.4) is 0 Å². The van der Waals surface area contributed by atoms with E-state index >= 15 is 0 Å². The number of benzene rings is 2. The summed E-state index contributed by atoms with van der Waals surface area (Å²) in [5.74, 6) is -0.674. The van der Waals surface area contributed by atoms with E-state index in [0.717, 1.165) is 12.1 Å². The predicted octanol–water partition coefficient (Wildman–Crippen LogP) is 3.84. The molecule has 0 bridgehead atoms. The van der Waals surface area contributed by atoms with Gasteiger partial charge in [-0.15, -0.1) is 0 Å². The third-order valence-electron chi connectivity index (χ3n) is 3.52. The molecular formula is C17H16F2N2O3S. The number of nitrogens with zero attached hydrogens (tertiary/aromatic N) is 1. The second-order valence-corrected chi connectivity index (χ2v) is 6.36. The van der Waals surface area contributed by atoms with Gasteiger partial charge in [0.25, 0.3) is 11.6 Å². The molecule has 25 heavy (non-hydrogen) atoms. The van der Waals surface area contributed by atoms with Crippen LogP contribution in [-0.4, -0.2) is 23.1 Å². The highest BCUT2D eigenvalue weighted by Crippen LogP contribution is 2.22. The Kier molecular flexibility index (Phi) is 6.46. The number of carbonyl (C=O) groups excluding carboxylic acids is 1. The molecule has 2 rings (SSSR count). The van der Waals surface area contributed by atoms with Gasteiger partial charge in [-0.05, 0) is 24.6 Å². The van der Waals surface area contributed by atoms with E-state index in [1.165, 1.54) is 24.8 Å². The lowest BCUT2D eigenvalue weighted by atomic mass is 10.1. The van der Waals surface area contributed by atoms with E-state index < -0.39 is 22.3 Å². The third kappa shape index (κ3) is 4.99. The first-order chi connectivity index (χ1) is 11.9. The highest BCUT2D eigenvalue weighted by atomic mass is 32.2. The van der Waals surface area contributed by atoms with Crippen molar-refractivity contribution in [2.24, 2.45) is 0 Å². The SMILES string of the molecule is Cc1c(F)cc(C(=O)NCCSCc2ccccc2F)cc1[N+](=O)[O-]. The first-order valence-electron chi connectivity index (χ1n) is 7.44. The van der Waals surface area contributed by atoms with Crippen LogP contribution in [0.25, 0.3) is 0 Å². The van der Waals surface area contributed by atoms with Crippen LogP contribution >= 0.6 is 11.8 Å². The van der Waals surface area contributed by atoms with Crippen molar-refractivity contribution in [3.63, 3.8) is 0 Å². The first kappa shape index (κ1) is 18.9. The minimum absolute atomic E-state index is 0.103. The van der Waals surface area contributed by atoms with Gasteiger partial charge in [0.1, 0.15) is 11.6 Å². The summed E-state index contributed by atoms with van der Waals surface area (Å²) in [5.41, 5.74) is -0.0648. The Hall–Kier alpha value is -2.48. The summed E-state index contributed by atoms with van der Waals surface area (Å²) in [5, 5.41) is 13.5. The molecule has 0 fully saturated rings. The van der Waals surface area contributed by atoms with E-state index in [0.29, 0.717) is 17.1 Å². The Balaban J connectivity index is 1.86. The third-order valence-corrected chi connectivity index (χ3v) is 4.53. The maximum Gasteiger partial charge on any atom is 0.276 e. The molecule has 2 aromatic rings. The predicted molar refractivity (Wildman–Crippen MR) is 92.7 cm³/mol. The molecule has 0 aliphatic heterocycles. The monoisotopic (exact) mass is 366 g/mol. The first-order valence-corrected chi connectivity index (χ1v) is 8.59. The average Bonchev–Trinajstić information content (AvgIpc) is 2.58. The Morgan fingerprint density at radius 2 is 1.96 bits per heavy atom. The molecule has 132 valence electrons. The van der Waals surface area contributed by atoms with Crippen molar-refractivity contribution >= 4 is 23.4 Å². The smallest absolute Gasteiger partial charge is 0.276 e. The second-order valence-electron chi connectivity index (χ2n) is 5.26. The van der Waals surface area contributed by atoms with Crippen LogP contribution in [0.4, 0.5) is 14.5 Å². The van der Waals surface area contributed by atoms with Gasteiger partial charge in [0.05, 0.1) is 10.5 Å². The fraction of sp³-hybridized carbons (Fsp3) is 0.235. The summed E-state index contributed by atoms with van der Waals surface area (Å²) in [4.78, 5) is 22.2. The molecule has 0 heterocycles. The number of amides is 1. The van der Waals surface area contributed by atoms with Crippen molar-refractivity contribution < 1.29 is 18.5 Å². The van der Waals surface area contributed by atoms with Crippen molar-refractivity contribution in [3.05, 3.63) is 74.8 Å². The van der Waals surface area contributed by atoms with E-state index in [2.05, 4.69) is 5.32 Å². The van der Waals surface area contributed by atoms with Gasteiger partial charge in [0, 0.05) is 29.7 Å². The van der Waals surface area contributed by atoms with Gasteiger partial charge in [-0.25, -0.2) is 8.78 Å². The molecule has 8 heteroatoms. The van der Waals surface area contributed by atoms with Crippen molar-refractivity contribution in [2.75, 3.05) is 12.3 Å². The van der Waals surface area contributed by atoms with Gasteiger partial charge in [-0.2, -0.15) is 11.8 Å². The number of halogens is 2. The van der Waals surface area contributed by atoms with Crippen molar-refractivity contribution in [3.8, 4) is 0 Å². The second kappa shape index (κ2) is 8.57. The molecule has 5 nitrogen and oxygen atoms in total. The van der Waals surface area contributed by atoms with Crippen LogP contribution < -0.4 is 5.32 Å². The zero-order valence-corrected chi connectivity index (χ0v) is 14.2. The van der Waals surface area contributed by atoms with Gasteiger partial charge < -0.3 is 5.32 Å². The molecular weight excluding hydrogens is 350 g/mol. The fourth-order valence-electron chi connectivity index (χ4n) is 2.12. The number of rotatable bonds is 7. The molecule has 0 radical (unpaired) electrons. The molecule has 0 saturated heterocycles. The van der Waals surface area contributed by atoms with Crippen molar-refractivity contribution in [1.82, 2.24) is 5.32 Å². The highest BCUT2D eigenvalue weighted by molar-refractivity contribution is 7.98. The number of hydrogen-bond donors (Lipinski definition) is 1. The number of thioether (sulfide) groups is 1. The van der Waals surface area contributed by atoms with E-state index in [4.69, 9.17) is 0 Å². The molecule has 0 aliphatic rings.